The molecule has 0 spiro atoms. The van der Waals surface area contributed by atoms with E-state index in [4.69, 9.17) is 5.11 Å². The molecule has 0 saturated heterocycles. The van der Waals surface area contributed by atoms with E-state index in [1.165, 1.54) is 0 Å². The van der Waals surface area contributed by atoms with Crippen LogP contribution in [0.1, 0.15) is 5.56 Å². The Morgan fingerprint density at radius 2 is 1.79 bits per heavy atom. The second-order valence-electron chi connectivity index (χ2n) is 4.26. The molecule has 0 amide bonds. The maximum absolute atomic E-state index is 10.9. The van der Waals surface area contributed by atoms with Crippen LogP contribution >= 0.6 is 0 Å². The van der Waals surface area contributed by atoms with Crippen molar-refractivity contribution in [3.8, 4) is 5.75 Å². The zero-order valence-corrected chi connectivity index (χ0v) is 10.4. The molecule has 0 aliphatic rings. The SMILES string of the molecule is O=C(O)CN(Cc1cccc(O)c1)c1ccccc1. The minimum atomic E-state index is -0.885. The Morgan fingerprint density at radius 1 is 1.05 bits per heavy atom. The van der Waals surface area contributed by atoms with Crippen LogP contribution in [0.5, 0.6) is 5.75 Å². The molecule has 98 valence electrons. The first kappa shape index (κ1) is 13.0. The highest BCUT2D eigenvalue weighted by Crippen LogP contribution is 2.18. The summed E-state index contributed by atoms with van der Waals surface area (Å²) in [6.45, 7) is 0.352. The van der Waals surface area contributed by atoms with Gasteiger partial charge in [0.15, 0.2) is 0 Å². The highest BCUT2D eigenvalue weighted by atomic mass is 16.4. The van der Waals surface area contributed by atoms with Gasteiger partial charge in [-0.1, -0.05) is 30.3 Å². The number of hydrogen-bond acceptors (Lipinski definition) is 3. The normalized spacial score (nSPS) is 10.1. The third-order valence-corrected chi connectivity index (χ3v) is 2.73. The van der Waals surface area contributed by atoms with Gasteiger partial charge in [0, 0.05) is 12.2 Å². The number of phenols is 1. The maximum atomic E-state index is 10.9. The van der Waals surface area contributed by atoms with Gasteiger partial charge in [0.2, 0.25) is 0 Å². The van der Waals surface area contributed by atoms with E-state index in [0.29, 0.717) is 6.54 Å². The summed E-state index contributed by atoms with van der Waals surface area (Å²) >= 11 is 0. The molecule has 2 N–H and O–H groups in total. The number of carboxylic acids is 1. The fourth-order valence-electron chi connectivity index (χ4n) is 1.92. The van der Waals surface area contributed by atoms with E-state index < -0.39 is 5.97 Å². The lowest BCUT2D eigenvalue weighted by molar-refractivity contribution is -0.135. The highest BCUT2D eigenvalue weighted by molar-refractivity contribution is 5.73. The molecule has 0 unspecified atom stereocenters. The van der Waals surface area contributed by atoms with Crippen molar-refractivity contribution >= 4 is 11.7 Å². The molecule has 0 aliphatic heterocycles. The maximum Gasteiger partial charge on any atom is 0.323 e. The van der Waals surface area contributed by atoms with Gasteiger partial charge in [0.25, 0.3) is 0 Å². The minimum Gasteiger partial charge on any atom is -0.508 e. The summed E-state index contributed by atoms with van der Waals surface area (Å²) in [5.74, 6) is -0.704. The van der Waals surface area contributed by atoms with E-state index in [1.54, 1.807) is 23.1 Å². The monoisotopic (exact) mass is 257 g/mol. The standard InChI is InChI=1S/C15H15NO3/c17-14-8-4-5-12(9-14)10-16(11-15(18)19)13-6-2-1-3-7-13/h1-9,17H,10-11H2,(H,18,19). The molecule has 2 aromatic rings. The molecule has 0 aliphatic carbocycles. The molecular formula is C15H15NO3. The Bertz CT molecular complexity index is 554. The van der Waals surface area contributed by atoms with Crippen molar-refractivity contribution in [2.24, 2.45) is 0 Å². The van der Waals surface area contributed by atoms with Crippen LogP contribution in [0.4, 0.5) is 5.69 Å². The van der Waals surface area contributed by atoms with E-state index in [9.17, 15) is 9.90 Å². The average Bonchev–Trinajstić information content (AvgIpc) is 2.38. The summed E-state index contributed by atoms with van der Waals surface area (Å²) in [6.07, 6.45) is 0. The molecular weight excluding hydrogens is 242 g/mol. The van der Waals surface area contributed by atoms with Gasteiger partial charge in [-0.05, 0) is 29.8 Å². The fourth-order valence-corrected chi connectivity index (χ4v) is 1.92. The van der Waals surface area contributed by atoms with E-state index in [2.05, 4.69) is 0 Å². The van der Waals surface area contributed by atoms with Crippen LogP contribution in [0.15, 0.2) is 54.6 Å². The molecule has 4 heteroatoms. The van der Waals surface area contributed by atoms with Crippen LogP contribution < -0.4 is 4.90 Å². The van der Waals surface area contributed by atoms with Crippen molar-refractivity contribution < 1.29 is 15.0 Å². The van der Waals surface area contributed by atoms with Crippen molar-refractivity contribution in [2.45, 2.75) is 6.54 Å². The topological polar surface area (TPSA) is 60.8 Å². The molecule has 0 aromatic heterocycles. The predicted molar refractivity (Wildman–Crippen MR) is 73.2 cm³/mol. The zero-order chi connectivity index (χ0) is 13.7. The number of aliphatic carboxylic acids is 1. The Balaban J connectivity index is 2.21. The molecule has 19 heavy (non-hydrogen) atoms. The first-order valence-electron chi connectivity index (χ1n) is 5.95. The number of hydrogen-bond donors (Lipinski definition) is 2. The van der Waals surface area contributed by atoms with E-state index in [1.807, 2.05) is 36.4 Å². The van der Waals surface area contributed by atoms with E-state index in [-0.39, 0.29) is 12.3 Å². The van der Waals surface area contributed by atoms with Crippen LogP contribution in [0.25, 0.3) is 0 Å². The summed E-state index contributed by atoms with van der Waals surface area (Å²) < 4.78 is 0. The van der Waals surface area contributed by atoms with Crippen molar-refractivity contribution in [1.29, 1.82) is 0 Å². The third-order valence-electron chi connectivity index (χ3n) is 2.73. The van der Waals surface area contributed by atoms with Crippen molar-refractivity contribution in [3.63, 3.8) is 0 Å². The number of rotatable bonds is 5. The van der Waals surface area contributed by atoms with E-state index in [0.717, 1.165) is 11.3 Å². The lowest BCUT2D eigenvalue weighted by Gasteiger charge is -2.23. The smallest absolute Gasteiger partial charge is 0.323 e. The largest absolute Gasteiger partial charge is 0.508 e. The molecule has 2 aromatic carbocycles. The van der Waals surface area contributed by atoms with Gasteiger partial charge < -0.3 is 15.1 Å². The number of carboxylic acid groups (broad SMARTS) is 1. The number of phenolic OH excluding ortho intramolecular Hbond substituents is 1. The van der Waals surface area contributed by atoms with Crippen molar-refractivity contribution in [2.75, 3.05) is 11.4 Å². The van der Waals surface area contributed by atoms with Gasteiger partial charge in [-0.15, -0.1) is 0 Å². The van der Waals surface area contributed by atoms with Crippen LogP contribution in [-0.2, 0) is 11.3 Å². The molecule has 2 rings (SSSR count). The number of nitrogens with zero attached hydrogens (tertiary/aromatic N) is 1. The van der Waals surface area contributed by atoms with E-state index >= 15 is 0 Å². The summed E-state index contributed by atoms with van der Waals surface area (Å²) in [6, 6.07) is 16.2. The summed E-state index contributed by atoms with van der Waals surface area (Å²) in [4.78, 5) is 12.7. The molecule has 0 heterocycles. The molecule has 0 fully saturated rings. The average molecular weight is 257 g/mol. The van der Waals surface area contributed by atoms with Gasteiger partial charge in [0.1, 0.15) is 12.3 Å². The lowest BCUT2D eigenvalue weighted by Crippen LogP contribution is -2.29. The summed E-state index contributed by atoms with van der Waals surface area (Å²) in [7, 11) is 0. The van der Waals surface area contributed by atoms with Gasteiger partial charge in [0.05, 0.1) is 0 Å². The van der Waals surface area contributed by atoms with Crippen LogP contribution in [0, 0.1) is 0 Å². The zero-order valence-electron chi connectivity index (χ0n) is 10.4. The Kier molecular flexibility index (Phi) is 4.03. The van der Waals surface area contributed by atoms with Crippen LogP contribution in [-0.4, -0.2) is 22.7 Å². The van der Waals surface area contributed by atoms with Gasteiger partial charge in [-0.25, -0.2) is 0 Å². The van der Waals surface area contributed by atoms with Gasteiger partial charge in [-0.3, -0.25) is 4.79 Å². The predicted octanol–water partition coefficient (Wildman–Crippen LogP) is 2.48. The molecule has 0 saturated carbocycles. The number of aromatic hydroxyl groups is 1. The number of anilines is 1. The quantitative estimate of drug-likeness (QED) is 0.864. The highest BCUT2D eigenvalue weighted by Gasteiger charge is 2.11. The Hall–Kier alpha value is -2.49. The Morgan fingerprint density at radius 3 is 2.42 bits per heavy atom. The summed E-state index contributed by atoms with van der Waals surface area (Å²) in [5, 5.41) is 18.4. The molecule has 0 bridgehead atoms. The molecule has 0 atom stereocenters. The minimum absolute atomic E-state index is 0.0837. The second-order valence-corrected chi connectivity index (χ2v) is 4.26. The number of carbonyl (C=O) groups is 1. The van der Waals surface area contributed by atoms with Crippen molar-refractivity contribution in [3.05, 3.63) is 60.2 Å². The van der Waals surface area contributed by atoms with Crippen LogP contribution in [0.2, 0.25) is 0 Å². The van der Waals surface area contributed by atoms with Crippen LogP contribution in [0.3, 0.4) is 0 Å². The first-order chi connectivity index (χ1) is 9.15. The molecule has 0 radical (unpaired) electrons. The second kappa shape index (κ2) is 5.91. The summed E-state index contributed by atoms with van der Waals surface area (Å²) in [5.41, 5.74) is 1.71. The number of para-hydroxylation sites is 1. The molecule has 4 nitrogen and oxygen atoms in total. The first-order valence-corrected chi connectivity index (χ1v) is 5.95. The van der Waals surface area contributed by atoms with Crippen molar-refractivity contribution in [1.82, 2.24) is 0 Å². The van der Waals surface area contributed by atoms with Gasteiger partial charge in [-0.2, -0.15) is 0 Å². The third kappa shape index (κ3) is 3.74. The number of benzene rings is 2. The fraction of sp³-hybridized carbons (Fsp3) is 0.133. The Labute approximate surface area is 111 Å². The lowest BCUT2D eigenvalue weighted by atomic mass is 10.2. The van der Waals surface area contributed by atoms with Gasteiger partial charge >= 0.3 is 5.97 Å².